The molecule has 0 bridgehead atoms. The molecular weight excluding hydrogens is 222 g/mol. The Morgan fingerprint density at radius 2 is 1.94 bits per heavy atom. The number of rotatable bonds is 3. The zero-order valence-corrected chi connectivity index (χ0v) is 11.4. The largest absolute Gasteiger partial charge is 0.393 e. The molecule has 1 aliphatic rings. The molecule has 0 unspecified atom stereocenters. The van der Waals surface area contributed by atoms with E-state index < -0.39 is 0 Å². The second-order valence-corrected chi connectivity index (χ2v) is 5.46. The van der Waals surface area contributed by atoms with Crippen molar-refractivity contribution < 1.29 is 5.11 Å². The van der Waals surface area contributed by atoms with Gasteiger partial charge in [0.25, 0.3) is 0 Å². The monoisotopic (exact) mass is 245 g/mol. The van der Waals surface area contributed by atoms with E-state index in [-0.39, 0.29) is 6.10 Å². The van der Waals surface area contributed by atoms with Gasteiger partial charge in [0.2, 0.25) is 0 Å². The molecule has 0 aromatic heterocycles. The molecule has 2 heteroatoms. The summed E-state index contributed by atoms with van der Waals surface area (Å²) in [7, 11) is 0. The number of hydrogen-bond acceptors (Lipinski definition) is 2. The fourth-order valence-corrected chi connectivity index (χ4v) is 2.63. The van der Waals surface area contributed by atoms with Crippen molar-refractivity contribution in [2.75, 3.05) is 5.32 Å². The Hall–Kier alpha value is -1.28. The highest BCUT2D eigenvalue weighted by atomic mass is 16.3. The Labute approximate surface area is 110 Å². The van der Waals surface area contributed by atoms with E-state index in [0.717, 1.165) is 31.3 Å². The number of aliphatic hydroxyl groups excluding tert-OH is 1. The second kappa shape index (κ2) is 5.57. The number of nitrogens with one attached hydrogen (secondary N) is 1. The van der Waals surface area contributed by atoms with Gasteiger partial charge in [-0.1, -0.05) is 18.2 Å². The van der Waals surface area contributed by atoms with Crippen molar-refractivity contribution in [2.24, 2.45) is 0 Å². The number of aliphatic hydroxyl groups is 1. The van der Waals surface area contributed by atoms with Gasteiger partial charge in [-0.25, -0.2) is 0 Å². The van der Waals surface area contributed by atoms with Gasteiger partial charge in [0.05, 0.1) is 6.10 Å². The molecular formula is C16H23NO. The fraction of sp³-hybridized carbons (Fsp3) is 0.500. The average molecular weight is 245 g/mol. The molecule has 1 saturated carbocycles. The van der Waals surface area contributed by atoms with E-state index in [1.54, 1.807) is 0 Å². The second-order valence-electron chi connectivity index (χ2n) is 5.46. The molecule has 0 spiro atoms. The molecule has 1 aromatic carbocycles. The van der Waals surface area contributed by atoms with Crippen molar-refractivity contribution in [3.8, 4) is 0 Å². The van der Waals surface area contributed by atoms with Crippen LogP contribution in [0.5, 0.6) is 0 Å². The maximum atomic E-state index is 9.51. The zero-order chi connectivity index (χ0) is 13.1. The molecule has 2 rings (SSSR count). The van der Waals surface area contributed by atoms with Crippen molar-refractivity contribution in [3.05, 3.63) is 35.9 Å². The third-order valence-corrected chi connectivity index (χ3v) is 3.76. The van der Waals surface area contributed by atoms with Crippen LogP contribution in [0.4, 0.5) is 5.69 Å². The summed E-state index contributed by atoms with van der Waals surface area (Å²) in [5.41, 5.74) is 4.78. The van der Waals surface area contributed by atoms with Crippen molar-refractivity contribution in [2.45, 2.75) is 51.7 Å². The lowest BCUT2D eigenvalue weighted by molar-refractivity contribution is 0.126. The molecule has 98 valence electrons. The summed E-state index contributed by atoms with van der Waals surface area (Å²) in [5, 5.41) is 13.1. The summed E-state index contributed by atoms with van der Waals surface area (Å²) in [6, 6.07) is 6.95. The van der Waals surface area contributed by atoms with E-state index in [9.17, 15) is 5.11 Å². The minimum absolute atomic E-state index is 0.0907. The summed E-state index contributed by atoms with van der Waals surface area (Å²) in [4.78, 5) is 0. The third kappa shape index (κ3) is 3.14. The number of aryl methyl sites for hydroxylation is 1. The average Bonchev–Trinajstić information content (AvgIpc) is 2.34. The minimum atomic E-state index is -0.0907. The molecule has 1 aromatic rings. The normalized spacial score (nSPS) is 23.7. The highest BCUT2D eigenvalue weighted by molar-refractivity contribution is 5.68. The van der Waals surface area contributed by atoms with Gasteiger partial charge in [-0.2, -0.15) is 0 Å². The molecule has 1 fully saturated rings. The molecule has 0 amide bonds. The van der Waals surface area contributed by atoms with Gasteiger partial charge in [-0.15, -0.1) is 0 Å². The van der Waals surface area contributed by atoms with Crippen LogP contribution in [0, 0.1) is 6.92 Å². The molecule has 0 atom stereocenters. The first-order chi connectivity index (χ1) is 8.56. The van der Waals surface area contributed by atoms with Crippen LogP contribution in [0.1, 0.15) is 43.7 Å². The van der Waals surface area contributed by atoms with E-state index in [2.05, 4.69) is 37.0 Å². The van der Waals surface area contributed by atoms with E-state index in [1.807, 2.05) is 6.92 Å². The Kier molecular flexibility index (Phi) is 4.07. The van der Waals surface area contributed by atoms with Gasteiger partial charge in [-0.3, -0.25) is 0 Å². The Bertz CT molecular complexity index is 431. The van der Waals surface area contributed by atoms with Crippen LogP contribution in [0.25, 0.3) is 5.57 Å². The first kappa shape index (κ1) is 13.2. The highest BCUT2D eigenvalue weighted by Crippen LogP contribution is 2.25. The Balaban J connectivity index is 2.05. The predicted octanol–water partition coefficient (Wildman–Crippen LogP) is 3.74. The lowest BCUT2D eigenvalue weighted by Crippen LogP contribution is -2.28. The highest BCUT2D eigenvalue weighted by Gasteiger charge is 2.19. The smallest absolute Gasteiger partial charge is 0.0541 e. The van der Waals surface area contributed by atoms with Crippen LogP contribution < -0.4 is 5.32 Å². The van der Waals surface area contributed by atoms with Crippen LogP contribution >= 0.6 is 0 Å². The van der Waals surface area contributed by atoms with Gasteiger partial charge in [0, 0.05) is 11.7 Å². The van der Waals surface area contributed by atoms with Crippen LogP contribution in [0.3, 0.4) is 0 Å². The topological polar surface area (TPSA) is 32.3 Å². The first-order valence-electron chi connectivity index (χ1n) is 6.77. The third-order valence-electron chi connectivity index (χ3n) is 3.76. The minimum Gasteiger partial charge on any atom is -0.393 e. The first-order valence-corrected chi connectivity index (χ1v) is 6.77. The summed E-state index contributed by atoms with van der Waals surface area (Å²) < 4.78 is 0. The number of benzene rings is 1. The van der Waals surface area contributed by atoms with Gasteiger partial charge >= 0.3 is 0 Å². The molecule has 1 aliphatic carbocycles. The van der Waals surface area contributed by atoms with Gasteiger partial charge in [0.15, 0.2) is 0 Å². The zero-order valence-electron chi connectivity index (χ0n) is 11.4. The Morgan fingerprint density at radius 1 is 1.28 bits per heavy atom. The maximum absolute atomic E-state index is 9.51. The molecule has 18 heavy (non-hydrogen) atoms. The lowest BCUT2D eigenvalue weighted by Gasteiger charge is -2.27. The van der Waals surface area contributed by atoms with Crippen molar-refractivity contribution in [3.63, 3.8) is 0 Å². The van der Waals surface area contributed by atoms with E-state index in [0.29, 0.717) is 6.04 Å². The molecule has 0 radical (unpaired) electrons. The predicted molar refractivity (Wildman–Crippen MR) is 77.8 cm³/mol. The summed E-state index contributed by atoms with van der Waals surface area (Å²) in [6.07, 6.45) is 3.84. The molecule has 2 N–H and O–H groups in total. The van der Waals surface area contributed by atoms with E-state index >= 15 is 0 Å². The van der Waals surface area contributed by atoms with E-state index in [1.165, 1.54) is 16.8 Å². The van der Waals surface area contributed by atoms with Crippen LogP contribution in [-0.2, 0) is 0 Å². The molecule has 0 aliphatic heterocycles. The number of allylic oxidation sites excluding steroid dienone is 1. The van der Waals surface area contributed by atoms with Crippen molar-refractivity contribution in [1.29, 1.82) is 0 Å². The maximum Gasteiger partial charge on any atom is 0.0541 e. The summed E-state index contributed by atoms with van der Waals surface area (Å²) in [5.74, 6) is 0. The van der Waals surface area contributed by atoms with Gasteiger partial charge < -0.3 is 10.4 Å². The summed E-state index contributed by atoms with van der Waals surface area (Å²) in [6.45, 7) is 8.18. The van der Waals surface area contributed by atoms with E-state index in [4.69, 9.17) is 0 Å². The number of anilines is 1. The lowest BCUT2D eigenvalue weighted by atomic mass is 9.92. The van der Waals surface area contributed by atoms with Gasteiger partial charge in [-0.05, 0) is 62.8 Å². The standard InChI is InChI=1S/C16H23NO/c1-11(2)16-10-14(5-4-12(16)3)17-13-6-8-15(18)9-7-13/h4-5,10,13,15,17-18H,1,6-9H2,2-3H3. The Morgan fingerprint density at radius 3 is 2.56 bits per heavy atom. The molecule has 2 nitrogen and oxygen atoms in total. The van der Waals surface area contributed by atoms with Gasteiger partial charge in [0.1, 0.15) is 0 Å². The molecule has 0 saturated heterocycles. The molecule has 0 heterocycles. The summed E-state index contributed by atoms with van der Waals surface area (Å²) >= 11 is 0. The van der Waals surface area contributed by atoms with Crippen molar-refractivity contribution >= 4 is 11.3 Å². The van der Waals surface area contributed by atoms with Crippen LogP contribution in [0.15, 0.2) is 24.8 Å². The quantitative estimate of drug-likeness (QED) is 0.850. The van der Waals surface area contributed by atoms with Crippen LogP contribution in [-0.4, -0.2) is 17.3 Å². The fourth-order valence-electron chi connectivity index (χ4n) is 2.63. The van der Waals surface area contributed by atoms with Crippen LogP contribution in [0.2, 0.25) is 0 Å². The van der Waals surface area contributed by atoms with Crippen molar-refractivity contribution in [1.82, 2.24) is 0 Å². The number of hydrogen-bond donors (Lipinski definition) is 2. The SMILES string of the molecule is C=C(C)c1cc(NC2CCC(O)CC2)ccc1C.